The normalized spacial score (nSPS) is 11.4. The average Bonchev–Trinajstić information content (AvgIpc) is 2.73. The smallest absolute Gasteiger partial charge is 0.326 e. The SMILES string of the molecule is O=C(COc1ccc(-c2ccccc2)cc1)NC(Cc1ccccc1)C(=O)O. The van der Waals surface area contributed by atoms with Crippen LogP contribution in [0.2, 0.25) is 0 Å². The quantitative estimate of drug-likeness (QED) is 0.631. The van der Waals surface area contributed by atoms with Crippen molar-refractivity contribution < 1.29 is 19.4 Å². The molecule has 0 aliphatic carbocycles. The fourth-order valence-electron chi connectivity index (χ4n) is 2.81. The van der Waals surface area contributed by atoms with Gasteiger partial charge in [-0.3, -0.25) is 4.79 Å². The maximum atomic E-state index is 12.1. The molecular formula is C23H21NO4. The largest absolute Gasteiger partial charge is 0.484 e. The van der Waals surface area contributed by atoms with Crippen LogP contribution in [0.25, 0.3) is 11.1 Å². The zero-order valence-electron chi connectivity index (χ0n) is 15.2. The van der Waals surface area contributed by atoms with Crippen molar-refractivity contribution in [3.05, 3.63) is 90.5 Å². The maximum absolute atomic E-state index is 12.1. The first-order valence-electron chi connectivity index (χ1n) is 8.96. The van der Waals surface area contributed by atoms with E-state index in [1.54, 1.807) is 12.1 Å². The van der Waals surface area contributed by atoms with Crippen molar-refractivity contribution >= 4 is 11.9 Å². The van der Waals surface area contributed by atoms with Crippen molar-refractivity contribution in [3.63, 3.8) is 0 Å². The molecule has 1 unspecified atom stereocenters. The summed E-state index contributed by atoms with van der Waals surface area (Å²) in [5.41, 5.74) is 2.98. The molecular weight excluding hydrogens is 354 g/mol. The molecule has 0 radical (unpaired) electrons. The lowest BCUT2D eigenvalue weighted by atomic mass is 10.1. The van der Waals surface area contributed by atoms with Crippen molar-refractivity contribution in [3.8, 4) is 16.9 Å². The molecule has 0 bridgehead atoms. The number of hydrogen-bond acceptors (Lipinski definition) is 3. The molecule has 1 amide bonds. The second-order valence-corrected chi connectivity index (χ2v) is 6.33. The number of amides is 1. The van der Waals surface area contributed by atoms with Gasteiger partial charge < -0.3 is 15.2 Å². The predicted molar refractivity (Wildman–Crippen MR) is 107 cm³/mol. The summed E-state index contributed by atoms with van der Waals surface area (Å²) in [4.78, 5) is 23.5. The van der Waals surface area contributed by atoms with E-state index in [2.05, 4.69) is 5.32 Å². The van der Waals surface area contributed by atoms with E-state index in [9.17, 15) is 14.7 Å². The van der Waals surface area contributed by atoms with Gasteiger partial charge in [0.05, 0.1) is 0 Å². The minimum absolute atomic E-state index is 0.216. The highest BCUT2D eigenvalue weighted by Gasteiger charge is 2.20. The predicted octanol–water partition coefficient (Wildman–Crippen LogP) is 3.54. The summed E-state index contributed by atoms with van der Waals surface area (Å²) in [5, 5.41) is 11.9. The standard InChI is InChI=1S/C23H21NO4/c25-22(24-21(23(26)27)15-17-7-3-1-4-8-17)16-28-20-13-11-19(12-14-20)18-9-5-2-6-10-18/h1-14,21H,15-16H2,(H,24,25)(H,26,27). The molecule has 0 aliphatic heterocycles. The Morgan fingerprint density at radius 1 is 0.821 bits per heavy atom. The Morgan fingerprint density at radius 2 is 1.39 bits per heavy atom. The van der Waals surface area contributed by atoms with E-state index in [1.807, 2.05) is 72.8 Å². The lowest BCUT2D eigenvalue weighted by Gasteiger charge is -2.15. The van der Waals surface area contributed by atoms with E-state index >= 15 is 0 Å². The molecule has 0 fully saturated rings. The van der Waals surface area contributed by atoms with Crippen LogP contribution in [0.1, 0.15) is 5.56 Å². The van der Waals surface area contributed by atoms with Crippen LogP contribution in [-0.2, 0) is 16.0 Å². The summed E-state index contributed by atoms with van der Waals surface area (Å²) in [6.07, 6.45) is 0.216. The summed E-state index contributed by atoms with van der Waals surface area (Å²) in [6.45, 7) is -0.247. The molecule has 1 atom stereocenters. The first kappa shape index (κ1) is 19.2. The number of nitrogens with one attached hydrogen (secondary N) is 1. The van der Waals surface area contributed by atoms with Gasteiger partial charge in [-0.15, -0.1) is 0 Å². The number of hydrogen-bond donors (Lipinski definition) is 2. The summed E-state index contributed by atoms with van der Waals surface area (Å²) < 4.78 is 5.48. The van der Waals surface area contributed by atoms with E-state index in [0.29, 0.717) is 5.75 Å². The molecule has 28 heavy (non-hydrogen) atoms. The Balaban J connectivity index is 1.53. The van der Waals surface area contributed by atoms with E-state index in [4.69, 9.17) is 4.74 Å². The van der Waals surface area contributed by atoms with Gasteiger partial charge in [0.1, 0.15) is 11.8 Å². The fraction of sp³-hybridized carbons (Fsp3) is 0.130. The molecule has 5 nitrogen and oxygen atoms in total. The summed E-state index contributed by atoms with van der Waals surface area (Å²) >= 11 is 0. The molecule has 3 rings (SSSR count). The Hall–Kier alpha value is -3.60. The van der Waals surface area contributed by atoms with Crippen LogP contribution in [-0.4, -0.2) is 29.6 Å². The Bertz CT molecular complexity index is 908. The zero-order valence-corrected chi connectivity index (χ0v) is 15.2. The van der Waals surface area contributed by atoms with Gasteiger partial charge in [-0.2, -0.15) is 0 Å². The molecule has 0 saturated heterocycles. The van der Waals surface area contributed by atoms with Crippen LogP contribution >= 0.6 is 0 Å². The Labute approximate surface area is 163 Å². The number of rotatable bonds is 8. The van der Waals surface area contributed by atoms with Crippen molar-refractivity contribution in [2.45, 2.75) is 12.5 Å². The summed E-state index contributed by atoms with van der Waals surface area (Å²) in [7, 11) is 0. The van der Waals surface area contributed by atoms with Gasteiger partial charge in [-0.25, -0.2) is 4.79 Å². The van der Waals surface area contributed by atoms with Crippen LogP contribution in [0.4, 0.5) is 0 Å². The zero-order chi connectivity index (χ0) is 19.8. The van der Waals surface area contributed by atoms with Gasteiger partial charge in [0, 0.05) is 6.42 Å². The van der Waals surface area contributed by atoms with Crippen molar-refractivity contribution in [1.29, 1.82) is 0 Å². The third-order valence-corrected chi connectivity index (χ3v) is 4.25. The lowest BCUT2D eigenvalue weighted by molar-refractivity contribution is -0.142. The van der Waals surface area contributed by atoms with E-state index in [1.165, 1.54) is 0 Å². The second-order valence-electron chi connectivity index (χ2n) is 6.33. The van der Waals surface area contributed by atoms with E-state index in [0.717, 1.165) is 16.7 Å². The number of benzene rings is 3. The second kappa shape index (κ2) is 9.37. The van der Waals surface area contributed by atoms with Crippen LogP contribution in [0, 0.1) is 0 Å². The lowest BCUT2D eigenvalue weighted by Crippen LogP contribution is -2.44. The van der Waals surface area contributed by atoms with Gasteiger partial charge in [0.2, 0.25) is 0 Å². The number of aliphatic carboxylic acids is 1. The van der Waals surface area contributed by atoms with E-state index in [-0.39, 0.29) is 13.0 Å². The van der Waals surface area contributed by atoms with Gasteiger partial charge >= 0.3 is 5.97 Å². The van der Waals surface area contributed by atoms with Crippen molar-refractivity contribution in [1.82, 2.24) is 5.32 Å². The minimum Gasteiger partial charge on any atom is -0.484 e. The molecule has 0 heterocycles. The first-order chi connectivity index (χ1) is 13.6. The highest BCUT2D eigenvalue weighted by molar-refractivity contribution is 5.84. The molecule has 2 N–H and O–H groups in total. The average molecular weight is 375 g/mol. The topological polar surface area (TPSA) is 75.6 Å². The third-order valence-electron chi connectivity index (χ3n) is 4.25. The Kier molecular flexibility index (Phi) is 6.41. The van der Waals surface area contributed by atoms with Crippen molar-refractivity contribution in [2.75, 3.05) is 6.61 Å². The molecule has 142 valence electrons. The first-order valence-corrected chi connectivity index (χ1v) is 8.96. The van der Waals surface area contributed by atoms with Gasteiger partial charge in [-0.05, 0) is 28.8 Å². The minimum atomic E-state index is -1.08. The molecule has 3 aromatic carbocycles. The Morgan fingerprint density at radius 3 is 2.00 bits per heavy atom. The summed E-state index contributed by atoms with van der Waals surface area (Å²) in [5.74, 6) is -1.01. The number of carbonyl (C=O) groups is 2. The molecule has 0 aromatic heterocycles. The summed E-state index contributed by atoms with van der Waals surface area (Å²) in [6, 6.07) is 25.5. The van der Waals surface area contributed by atoms with Crippen LogP contribution in [0.3, 0.4) is 0 Å². The monoisotopic (exact) mass is 375 g/mol. The number of carbonyl (C=O) groups excluding carboxylic acids is 1. The molecule has 0 spiro atoms. The number of carboxylic acid groups (broad SMARTS) is 1. The maximum Gasteiger partial charge on any atom is 0.326 e. The highest BCUT2D eigenvalue weighted by atomic mass is 16.5. The number of carboxylic acids is 1. The van der Waals surface area contributed by atoms with E-state index < -0.39 is 17.9 Å². The molecule has 0 saturated carbocycles. The van der Waals surface area contributed by atoms with Crippen LogP contribution in [0.15, 0.2) is 84.9 Å². The number of ether oxygens (including phenoxy) is 1. The van der Waals surface area contributed by atoms with Gasteiger partial charge in [0.25, 0.3) is 5.91 Å². The highest BCUT2D eigenvalue weighted by Crippen LogP contribution is 2.21. The molecule has 0 aliphatic rings. The van der Waals surface area contributed by atoms with Crippen molar-refractivity contribution in [2.24, 2.45) is 0 Å². The third kappa shape index (κ3) is 5.45. The van der Waals surface area contributed by atoms with Gasteiger partial charge in [0.15, 0.2) is 6.61 Å². The van der Waals surface area contributed by atoms with Crippen LogP contribution < -0.4 is 10.1 Å². The van der Waals surface area contributed by atoms with Crippen LogP contribution in [0.5, 0.6) is 5.75 Å². The molecule has 5 heteroatoms. The fourth-order valence-corrected chi connectivity index (χ4v) is 2.81. The molecule has 3 aromatic rings. The van der Waals surface area contributed by atoms with Gasteiger partial charge in [-0.1, -0.05) is 72.8 Å².